The molecule has 1 aromatic rings. The smallest absolute Gasteiger partial charge is 0.303 e. The number of allylic oxidation sites excluding steroid dienone is 1. The molecule has 128 valence electrons. The zero-order valence-corrected chi connectivity index (χ0v) is 14.3. The highest BCUT2D eigenvalue weighted by Crippen LogP contribution is 2.26. The molecule has 1 aliphatic heterocycles. The van der Waals surface area contributed by atoms with Crippen molar-refractivity contribution in [2.75, 3.05) is 7.05 Å². The fraction of sp³-hybridized carbons (Fsp3) is 0.353. The summed E-state index contributed by atoms with van der Waals surface area (Å²) >= 11 is 0. The van der Waals surface area contributed by atoms with Crippen LogP contribution in [0.3, 0.4) is 0 Å². The molecule has 7 nitrogen and oxygen atoms in total. The summed E-state index contributed by atoms with van der Waals surface area (Å²) < 4.78 is 0. The number of rotatable bonds is 2. The van der Waals surface area contributed by atoms with Crippen molar-refractivity contribution in [2.45, 2.75) is 33.2 Å². The second kappa shape index (κ2) is 6.35. The van der Waals surface area contributed by atoms with Crippen molar-refractivity contribution in [2.24, 2.45) is 0 Å². The van der Waals surface area contributed by atoms with Crippen molar-refractivity contribution in [3.8, 4) is 0 Å². The van der Waals surface area contributed by atoms with Crippen molar-refractivity contribution < 1.29 is 24.2 Å². The zero-order chi connectivity index (χ0) is 18.1. The number of aryl methyl sites for hydroxylation is 1. The molecule has 0 saturated carbocycles. The number of amides is 2. The van der Waals surface area contributed by atoms with Gasteiger partial charge in [-0.15, -0.1) is 0 Å². The van der Waals surface area contributed by atoms with Gasteiger partial charge < -0.3 is 4.90 Å². The van der Waals surface area contributed by atoms with Crippen LogP contribution in [-0.4, -0.2) is 40.4 Å². The van der Waals surface area contributed by atoms with E-state index in [4.69, 9.17) is 0 Å². The van der Waals surface area contributed by atoms with Gasteiger partial charge in [0.2, 0.25) is 5.78 Å². The predicted octanol–water partition coefficient (Wildman–Crippen LogP) is 3.25. The maximum atomic E-state index is 12.2. The van der Waals surface area contributed by atoms with Gasteiger partial charge in [-0.3, -0.25) is 4.79 Å². The van der Waals surface area contributed by atoms with Crippen LogP contribution in [0.25, 0.3) is 0 Å². The summed E-state index contributed by atoms with van der Waals surface area (Å²) in [5.41, 5.74) is 1.20. The molecule has 1 aromatic carbocycles. The number of carbonyl (C=O) groups is 3. The number of ketones is 1. The molecule has 0 aromatic heterocycles. The summed E-state index contributed by atoms with van der Waals surface area (Å²) in [6.45, 7) is 7.33. The van der Waals surface area contributed by atoms with Crippen LogP contribution >= 0.6 is 0 Å². The quantitative estimate of drug-likeness (QED) is 0.472. The first-order chi connectivity index (χ1) is 11.1. The van der Waals surface area contributed by atoms with Gasteiger partial charge in [-0.2, -0.15) is 0 Å². The minimum absolute atomic E-state index is 0.184. The summed E-state index contributed by atoms with van der Waals surface area (Å²) in [5.74, 6) is -0.301. The molecule has 7 heteroatoms. The van der Waals surface area contributed by atoms with Crippen LogP contribution < -0.4 is 0 Å². The van der Waals surface area contributed by atoms with Gasteiger partial charge in [0.25, 0.3) is 0 Å². The Hall–Kier alpha value is -2.83. The number of Topliss-reactive ketones (excluding diaryl/α,β-unsaturated/α-hetero) is 1. The van der Waals surface area contributed by atoms with Crippen molar-refractivity contribution in [3.63, 3.8) is 0 Å². The Balaban J connectivity index is 1.85. The molecule has 2 amide bonds. The van der Waals surface area contributed by atoms with Crippen LogP contribution in [0.15, 0.2) is 36.2 Å². The number of nitrogens with zero attached hydrogens (tertiary/aromatic N) is 2. The monoisotopic (exact) mass is 332 g/mol. The fourth-order valence-electron chi connectivity index (χ4n) is 1.71. The van der Waals surface area contributed by atoms with Crippen LogP contribution in [0, 0.1) is 6.92 Å². The van der Waals surface area contributed by atoms with E-state index in [0.29, 0.717) is 5.56 Å². The Bertz CT molecular complexity index is 701. The van der Waals surface area contributed by atoms with Crippen molar-refractivity contribution in [1.29, 1.82) is 0 Å². The van der Waals surface area contributed by atoms with Gasteiger partial charge in [-0.1, -0.05) is 29.8 Å². The second-order valence-corrected chi connectivity index (χ2v) is 6.51. The van der Waals surface area contributed by atoms with Gasteiger partial charge in [-0.25, -0.2) is 24.3 Å². The highest BCUT2D eigenvalue weighted by Gasteiger charge is 2.37. The molecule has 0 bridgehead atoms. The summed E-state index contributed by atoms with van der Waals surface area (Å²) in [5, 5.41) is 0. The molecule has 0 aliphatic carbocycles. The molecule has 24 heavy (non-hydrogen) atoms. The first-order valence-corrected chi connectivity index (χ1v) is 7.40. The Morgan fingerprint density at radius 2 is 1.62 bits per heavy atom. The van der Waals surface area contributed by atoms with E-state index in [1.54, 1.807) is 32.9 Å². The number of benzene rings is 1. The standard InChI is InChI=1S/C17H20N2O5/c1-11-6-8-12(9-7-11)14(20)13-10-19(13)16(22)24-23-15(21)18(5)17(2,3)4/h6-10H,1-5H3. The molecule has 1 aliphatic rings. The first-order valence-electron chi connectivity index (χ1n) is 7.40. The van der Waals surface area contributed by atoms with E-state index in [9.17, 15) is 14.4 Å². The zero-order valence-electron chi connectivity index (χ0n) is 14.3. The Morgan fingerprint density at radius 3 is 2.17 bits per heavy atom. The predicted molar refractivity (Wildman–Crippen MR) is 85.9 cm³/mol. The summed E-state index contributed by atoms with van der Waals surface area (Å²) in [7, 11) is 1.53. The van der Waals surface area contributed by atoms with E-state index in [-0.39, 0.29) is 11.5 Å². The SMILES string of the molecule is Cc1ccc(C(=O)C2=CN2C(=O)OOC(=O)N(C)C(C)(C)C)cc1. The van der Waals surface area contributed by atoms with Crippen molar-refractivity contribution in [3.05, 3.63) is 47.3 Å². The molecule has 0 N–H and O–H groups in total. The molecule has 2 rings (SSSR count). The molecule has 0 unspecified atom stereocenters. The molecule has 0 spiro atoms. The molecular weight excluding hydrogens is 312 g/mol. The van der Waals surface area contributed by atoms with Crippen LogP contribution in [-0.2, 0) is 9.78 Å². The molecule has 0 saturated heterocycles. The average molecular weight is 332 g/mol. The largest absolute Gasteiger partial charge is 0.461 e. The molecule has 0 fully saturated rings. The third-order valence-electron chi connectivity index (χ3n) is 3.65. The lowest BCUT2D eigenvalue weighted by Gasteiger charge is -2.29. The molecule has 0 atom stereocenters. The van der Waals surface area contributed by atoms with E-state index in [2.05, 4.69) is 9.78 Å². The van der Waals surface area contributed by atoms with E-state index < -0.39 is 17.7 Å². The van der Waals surface area contributed by atoms with E-state index in [1.807, 2.05) is 19.1 Å². The van der Waals surface area contributed by atoms with Crippen molar-refractivity contribution >= 4 is 18.0 Å². The second-order valence-electron chi connectivity index (χ2n) is 6.51. The Kier molecular flexibility index (Phi) is 4.64. The minimum atomic E-state index is -0.943. The van der Waals surface area contributed by atoms with Crippen LogP contribution in [0.2, 0.25) is 0 Å². The van der Waals surface area contributed by atoms with Gasteiger partial charge >= 0.3 is 12.2 Å². The highest BCUT2D eigenvalue weighted by molar-refractivity contribution is 6.13. The lowest BCUT2D eigenvalue weighted by atomic mass is 10.1. The minimum Gasteiger partial charge on any atom is -0.303 e. The highest BCUT2D eigenvalue weighted by atomic mass is 17.2. The Labute approximate surface area is 140 Å². The van der Waals surface area contributed by atoms with E-state index in [0.717, 1.165) is 10.5 Å². The van der Waals surface area contributed by atoms with E-state index >= 15 is 0 Å². The molecular formula is C17H20N2O5. The van der Waals surface area contributed by atoms with Gasteiger partial charge in [0.1, 0.15) is 5.70 Å². The first kappa shape index (κ1) is 17.5. The van der Waals surface area contributed by atoms with Gasteiger partial charge in [0, 0.05) is 24.4 Å². The Morgan fingerprint density at radius 1 is 1.04 bits per heavy atom. The third-order valence-corrected chi connectivity index (χ3v) is 3.65. The number of carbonyl (C=O) groups excluding carboxylic acids is 3. The van der Waals surface area contributed by atoms with Gasteiger partial charge in [0.15, 0.2) is 0 Å². The summed E-state index contributed by atoms with van der Waals surface area (Å²) in [6, 6.07) is 6.98. The maximum absolute atomic E-state index is 12.2. The summed E-state index contributed by atoms with van der Waals surface area (Å²) in [6.07, 6.45) is -0.420. The van der Waals surface area contributed by atoms with Gasteiger partial charge in [0.05, 0.1) is 0 Å². The normalized spacial score (nSPS) is 13.0. The lowest BCUT2D eigenvalue weighted by molar-refractivity contribution is -0.194. The fourth-order valence-corrected chi connectivity index (χ4v) is 1.71. The summed E-state index contributed by atoms with van der Waals surface area (Å²) in [4.78, 5) is 46.9. The molecule has 0 radical (unpaired) electrons. The molecule has 1 heterocycles. The number of hydrogen-bond acceptors (Lipinski definition) is 5. The third kappa shape index (κ3) is 3.92. The van der Waals surface area contributed by atoms with Crippen LogP contribution in [0.5, 0.6) is 0 Å². The van der Waals surface area contributed by atoms with Crippen LogP contribution in [0.4, 0.5) is 9.59 Å². The van der Waals surface area contributed by atoms with Crippen molar-refractivity contribution in [1.82, 2.24) is 9.80 Å². The van der Waals surface area contributed by atoms with E-state index in [1.165, 1.54) is 18.1 Å². The van der Waals surface area contributed by atoms with Gasteiger partial charge in [-0.05, 0) is 27.7 Å². The number of hydrogen-bond donors (Lipinski definition) is 0. The lowest BCUT2D eigenvalue weighted by Crippen LogP contribution is -2.43. The average Bonchev–Trinajstić information content (AvgIpc) is 3.31. The van der Waals surface area contributed by atoms with Crippen LogP contribution in [0.1, 0.15) is 36.7 Å². The topological polar surface area (TPSA) is 75.9 Å². The maximum Gasteiger partial charge on any atom is 0.461 e.